The lowest BCUT2D eigenvalue weighted by Gasteiger charge is -2.34. The van der Waals surface area contributed by atoms with Gasteiger partial charge in [0, 0.05) is 43.0 Å². The van der Waals surface area contributed by atoms with Gasteiger partial charge in [0.2, 0.25) is 5.91 Å². The van der Waals surface area contributed by atoms with Crippen molar-refractivity contribution in [1.82, 2.24) is 5.32 Å². The van der Waals surface area contributed by atoms with Crippen molar-refractivity contribution in [3.05, 3.63) is 29.8 Å². The van der Waals surface area contributed by atoms with E-state index in [9.17, 15) is 14.7 Å². The zero-order chi connectivity index (χ0) is 16.8. The van der Waals surface area contributed by atoms with Crippen LogP contribution in [0.1, 0.15) is 31.2 Å². The van der Waals surface area contributed by atoms with E-state index in [1.54, 1.807) is 0 Å². The van der Waals surface area contributed by atoms with E-state index in [2.05, 4.69) is 5.32 Å². The summed E-state index contributed by atoms with van der Waals surface area (Å²) in [4.78, 5) is 24.5. The SMILES string of the molecule is O=C(NC1(C(=O)O)CCOCC1)[C@@H]1C[C@]12CCOc1ccccc12. The van der Waals surface area contributed by atoms with E-state index in [1.807, 2.05) is 24.3 Å². The highest BCUT2D eigenvalue weighted by atomic mass is 16.5. The van der Waals surface area contributed by atoms with Gasteiger partial charge < -0.3 is 19.9 Å². The summed E-state index contributed by atoms with van der Waals surface area (Å²) < 4.78 is 11.0. The summed E-state index contributed by atoms with van der Waals surface area (Å²) in [7, 11) is 0. The van der Waals surface area contributed by atoms with Gasteiger partial charge in [-0.2, -0.15) is 0 Å². The van der Waals surface area contributed by atoms with Gasteiger partial charge in [0.25, 0.3) is 0 Å². The number of fused-ring (bicyclic) bond motifs is 2. The molecule has 6 heteroatoms. The molecule has 6 nitrogen and oxygen atoms in total. The topological polar surface area (TPSA) is 84.9 Å². The number of aliphatic carboxylic acids is 1. The molecule has 24 heavy (non-hydrogen) atoms. The first kappa shape index (κ1) is 15.4. The number of amides is 1. The molecule has 0 unspecified atom stereocenters. The molecule has 1 amide bonds. The van der Waals surface area contributed by atoms with Gasteiger partial charge in [0.1, 0.15) is 11.3 Å². The van der Waals surface area contributed by atoms with Crippen molar-refractivity contribution in [2.24, 2.45) is 5.92 Å². The van der Waals surface area contributed by atoms with E-state index < -0.39 is 11.5 Å². The van der Waals surface area contributed by atoms with Crippen LogP contribution in [0, 0.1) is 5.92 Å². The Morgan fingerprint density at radius 2 is 1.88 bits per heavy atom. The van der Waals surface area contributed by atoms with Gasteiger partial charge in [-0.15, -0.1) is 0 Å². The molecule has 2 aliphatic heterocycles. The lowest BCUT2D eigenvalue weighted by atomic mass is 9.86. The molecule has 1 aliphatic carbocycles. The minimum atomic E-state index is -1.19. The molecular formula is C18H21NO5. The Hall–Kier alpha value is -2.08. The fraction of sp³-hybridized carbons (Fsp3) is 0.556. The van der Waals surface area contributed by atoms with E-state index in [4.69, 9.17) is 9.47 Å². The monoisotopic (exact) mass is 331 g/mol. The molecule has 2 atom stereocenters. The van der Waals surface area contributed by atoms with E-state index in [-0.39, 0.29) is 17.2 Å². The minimum Gasteiger partial charge on any atom is -0.493 e. The van der Waals surface area contributed by atoms with Gasteiger partial charge in [-0.05, 0) is 18.9 Å². The van der Waals surface area contributed by atoms with Crippen LogP contribution < -0.4 is 10.1 Å². The molecule has 1 saturated carbocycles. The quantitative estimate of drug-likeness (QED) is 0.876. The Balaban J connectivity index is 1.54. The van der Waals surface area contributed by atoms with Gasteiger partial charge in [-0.1, -0.05) is 18.2 Å². The largest absolute Gasteiger partial charge is 0.493 e. The second-order valence-corrected chi connectivity index (χ2v) is 7.00. The maximum atomic E-state index is 12.8. The van der Waals surface area contributed by atoms with Crippen molar-refractivity contribution < 1.29 is 24.2 Å². The van der Waals surface area contributed by atoms with Crippen LogP contribution in [0.25, 0.3) is 0 Å². The summed E-state index contributed by atoms with van der Waals surface area (Å²) in [5.41, 5.74) is -0.305. The zero-order valence-corrected chi connectivity index (χ0v) is 13.4. The Morgan fingerprint density at radius 3 is 2.62 bits per heavy atom. The summed E-state index contributed by atoms with van der Waals surface area (Å²) in [6, 6.07) is 7.83. The summed E-state index contributed by atoms with van der Waals surface area (Å²) in [5, 5.41) is 12.4. The van der Waals surface area contributed by atoms with E-state index in [0.29, 0.717) is 32.7 Å². The van der Waals surface area contributed by atoms with Crippen molar-refractivity contribution in [2.45, 2.75) is 36.6 Å². The van der Waals surface area contributed by atoms with Crippen LogP contribution in [0.5, 0.6) is 5.75 Å². The van der Waals surface area contributed by atoms with Crippen molar-refractivity contribution in [1.29, 1.82) is 0 Å². The highest BCUT2D eigenvalue weighted by Gasteiger charge is 2.62. The molecule has 2 N–H and O–H groups in total. The number of carboxylic acids is 1. The Morgan fingerprint density at radius 1 is 1.12 bits per heavy atom. The number of rotatable bonds is 3. The molecule has 2 fully saturated rings. The summed E-state index contributed by atoms with van der Waals surface area (Å²) in [5.74, 6) is -0.461. The molecule has 0 radical (unpaired) electrons. The molecule has 128 valence electrons. The van der Waals surface area contributed by atoms with E-state index in [1.165, 1.54) is 0 Å². The number of carboxylic acid groups (broad SMARTS) is 1. The highest BCUT2D eigenvalue weighted by Crippen LogP contribution is 2.60. The molecule has 1 spiro atoms. The number of carbonyl (C=O) groups excluding carboxylic acids is 1. The summed E-state index contributed by atoms with van der Waals surface area (Å²) >= 11 is 0. The van der Waals surface area contributed by atoms with Crippen LogP contribution >= 0.6 is 0 Å². The standard InChI is InChI=1S/C18H21NO5/c20-15(19-18(16(21)22)6-8-23-9-7-18)13-11-17(13)5-10-24-14-4-2-1-3-12(14)17/h1-4,13H,5-11H2,(H,19,20)(H,21,22)/t13-,17-/m0/s1. The Kier molecular flexibility index (Phi) is 3.53. The number of ether oxygens (including phenoxy) is 2. The molecule has 1 aromatic carbocycles. The average molecular weight is 331 g/mol. The van der Waals surface area contributed by atoms with E-state index >= 15 is 0 Å². The van der Waals surface area contributed by atoms with Crippen LogP contribution in [0.3, 0.4) is 0 Å². The lowest BCUT2D eigenvalue weighted by molar-refractivity contribution is -0.152. The second-order valence-electron chi connectivity index (χ2n) is 7.00. The lowest BCUT2D eigenvalue weighted by Crippen LogP contribution is -2.58. The first-order valence-corrected chi connectivity index (χ1v) is 8.43. The number of benzene rings is 1. The molecule has 0 bridgehead atoms. The molecule has 3 aliphatic rings. The summed E-state index contributed by atoms with van der Waals surface area (Å²) in [6.45, 7) is 1.32. The zero-order valence-electron chi connectivity index (χ0n) is 13.4. The molecular weight excluding hydrogens is 310 g/mol. The van der Waals surface area contributed by atoms with Gasteiger partial charge in [-0.25, -0.2) is 4.79 Å². The fourth-order valence-corrected chi connectivity index (χ4v) is 4.14. The maximum Gasteiger partial charge on any atom is 0.329 e. The number of hydrogen-bond donors (Lipinski definition) is 2. The van der Waals surface area contributed by atoms with Crippen LogP contribution in [-0.2, 0) is 19.7 Å². The van der Waals surface area contributed by atoms with Crippen molar-refractivity contribution in [3.63, 3.8) is 0 Å². The average Bonchev–Trinajstić information content (AvgIpc) is 3.31. The third kappa shape index (κ3) is 2.28. The Labute approximate surface area is 140 Å². The molecule has 1 saturated heterocycles. The van der Waals surface area contributed by atoms with Crippen LogP contribution in [0.15, 0.2) is 24.3 Å². The van der Waals surface area contributed by atoms with Crippen molar-refractivity contribution >= 4 is 11.9 Å². The van der Waals surface area contributed by atoms with Gasteiger partial charge >= 0.3 is 5.97 Å². The van der Waals surface area contributed by atoms with Crippen molar-refractivity contribution in [3.8, 4) is 5.75 Å². The van der Waals surface area contributed by atoms with Gasteiger partial charge in [-0.3, -0.25) is 4.79 Å². The first-order chi connectivity index (χ1) is 11.6. The van der Waals surface area contributed by atoms with E-state index in [0.717, 1.165) is 24.2 Å². The van der Waals surface area contributed by atoms with Gasteiger partial charge in [0.15, 0.2) is 0 Å². The van der Waals surface area contributed by atoms with Crippen LogP contribution in [-0.4, -0.2) is 42.3 Å². The number of nitrogens with one attached hydrogen (secondary N) is 1. The third-order valence-corrected chi connectivity index (χ3v) is 5.74. The number of hydrogen-bond acceptors (Lipinski definition) is 4. The van der Waals surface area contributed by atoms with Gasteiger partial charge in [0.05, 0.1) is 6.61 Å². The number of carbonyl (C=O) groups is 2. The fourth-order valence-electron chi connectivity index (χ4n) is 4.14. The highest BCUT2D eigenvalue weighted by molar-refractivity contribution is 5.91. The normalized spacial score (nSPS) is 30.1. The first-order valence-electron chi connectivity index (χ1n) is 8.43. The van der Waals surface area contributed by atoms with Crippen LogP contribution in [0.4, 0.5) is 0 Å². The minimum absolute atomic E-state index is 0.156. The molecule has 2 heterocycles. The molecule has 4 rings (SSSR count). The van der Waals surface area contributed by atoms with Crippen molar-refractivity contribution in [2.75, 3.05) is 19.8 Å². The predicted molar refractivity (Wildman–Crippen MR) is 84.9 cm³/mol. The molecule has 0 aromatic heterocycles. The van der Waals surface area contributed by atoms with Crippen LogP contribution in [0.2, 0.25) is 0 Å². The Bertz CT molecular complexity index is 682. The summed E-state index contributed by atoms with van der Waals surface area (Å²) in [6.07, 6.45) is 2.18. The maximum absolute atomic E-state index is 12.8. The third-order valence-electron chi connectivity index (χ3n) is 5.74. The smallest absolute Gasteiger partial charge is 0.329 e. The number of para-hydroxylation sites is 1. The predicted octanol–water partition coefficient (Wildman–Crippen LogP) is 1.48. The second kappa shape index (κ2) is 5.48. The molecule has 1 aromatic rings.